The first kappa shape index (κ1) is 17.7. The van der Waals surface area contributed by atoms with Crippen LogP contribution in [0, 0.1) is 0 Å². The van der Waals surface area contributed by atoms with Crippen LogP contribution in [0.1, 0.15) is 28.1 Å². The maximum Gasteiger partial charge on any atom is 0.240 e. The lowest BCUT2D eigenvalue weighted by Crippen LogP contribution is -2.03. The fourth-order valence-corrected chi connectivity index (χ4v) is 2.77. The van der Waals surface area contributed by atoms with Crippen molar-refractivity contribution in [2.24, 2.45) is 0 Å². The van der Waals surface area contributed by atoms with Crippen molar-refractivity contribution in [3.63, 3.8) is 0 Å². The van der Waals surface area contributed by atoms with Crippen LogP contribution in [0.5, 0.6) is 0 Å². The molecule has 3 nitrogen and oxygen atoms in total. The highest BCUT2D eigenvalue weighted by molar-refractivity contribution is 6.66. The van der Waals surface area contributed by atoms with Crippen molar-refractivity contribution >= 4 is 59.1 Å². The molecule has 25 heavy (non-hydrogen) atoms. The first-order chi connectivity index (χ1) is 12.0. The normalized spacial score (nSPS) is 12.3. The monoisotopic (exact) mass is 390 g/mol. The van der Waals surface area contributed by atoms with Crippen molar-refractivity contribution in [1.29, 1.82) is 0 Å². The van der Waals surface area contributed by atoms with Gasteiger partial charge in [0.05, 0.1) is 0 Å². The predicted octanol–water partition coefficient (Wildman–Crippen LogP) is 6.24. The van der Waals surface area contributed by atoms with Crippen molar-refractivity contribution < 1.29 is 4.42 Å². The van der Waals surface area contributed by atoms with Crippen LogP contribution < -0.4 is 0 Å². The molecule has 0 N–H and O–H groups in total. The number of aromatic nitrogens is 2. The fraction of sp³-hybridized carbons (Fsp3) is 0.0526. The lowest BCUT2D eigenvalue weighted by molar-refractivity contribution is 0.542. The van der Waals surface area contributed by atoms with Gasteiger partial charge < -0.3 is 4.42 Å². The minimum Gasteiger partial charge on any atom is -0.424 e. The Morgan fingerprint density at radius 3 is 2.28 bits per heavy atom. The molecule has 0 atom stereocenters. The SMILES string of the molecule is ClC(Cl)(Cl)c1ccc(C=Cc2ccccc2)cc1C=Cc1nnco1. The third-order valence-electron chi connectivity index (χ3n) is 3.43. The molecule has 0 aliphatic rings. The quantitative estimate of drug-likeness (QED) is 0.390. The number of nitrogens with zero attached hydrogens (tertiary/aromatic N) is 2. The number of halogens is 3. The molecule has 0 aliphatic heterocycles. The highest BCUT2D eigenvalue weighted by atomic mass is 35.6. The molecule has 0 fully saturated rings. The van der Waals surface area contributed by atoms with E-state index < -0.39 is 3.79 Å². The van der Waals surface area contributed by atoms with E-state index in [2.05, 4.69) is 10.2 Å². The van der Waals surface area contributed by atoms with Crippen molar-refractivity contribution in [3.05, 3.63) is 83.1 Å². The standard InChI is InChI=1S/C19H13Cl3N2O/c20-19(21,22)17-10-8-15(7-6-14-4-2-1-3-5-14)12-16(17)9-11-18-24-23-13-25-18/h1-13H. The number of rotatable bonds is 4. The third-order valence-corrected chi connectivity index (χ3v) is 4.04. The van der Waals surface area contributed by atoms with Gasteiger partial charge in [-0.05, 0) is 28.8 Å². The summed E-state index contributed by atoms with van der Waals surface area (Å²) in [5.74, 6) is 0.375. The van der Waals surface area contributed by atoms with E-state index in [0.29, 0.717) is 11.5 Å². The van der Waals surface area contributed by atoms with E-state index in [1.807, 2.05) is 54.6 Å². The van der Waals surface area contributed by atoms with E-state index in [4.69, 9.17) is 39.2 Å². The second-order valence-corrected chi connectivity index (χ2v) is 7.48. The zero-order chi connectivity index (χ0) is 17.7. The van der Waals surface area contributed by atoms with Gasteiger partial charge >= 0.3 is 0 Å². The Kier molecular flexibility index (Phi) is 5.59. The van der Waals surface area contributed by atoms with Crippen molar-refractivity contribution in [1.82, 2.24) is 10.2 Å². The molecule has 1 aromatic heterocycles. The lowest BCUT2D eigenvalue weighted by Gasteiger charge is -2.15. The number of hydrogen-bond acceptors (Lipinski definition) is 3. The maximum absolute atomic E-state index is 6.08. The van der Waals surface area contributed by atoms with Gasteiger partial charge in [0.25, 0.3) is 0 Å². The number of alkyl halides is 3. The molecule has 1 heterocycles. The van der Waals surface area contributed by atoms with Crippen LogP contribution in [0.15, 0.2) is 59.3 Å². The molecule has 0 saturated heterocycles. The van der Waals surface area contributed by atoms with E-state index in [0.717, 1.165) is 16.7 Å². The lowest BCUT2D eigenvalue weighted by atomic mass is 10.0. The zero-order valence-corrected chi connectivity index (χ0v) is 15.2. The number of hydrogen-bond donors (Lipinski definition) is 0. The van der Waals surface area contributed by atoms with Crippen LogP contribution >= 0.6 is 34.8 Å². The van der Waals surface area contributed by atoms with Gasteiger partial charge in [0, 0.05) is 11.6 Å². The zero-order valence-electron chi connectivity index (χ0n) is 12.9. The average molecular weight is 392 g/mol. The van der Waals surface area contributed by atoms with E-state index in [1.165, 1.54) is 6.39 Å². The fourth-order valence-electron chi connectivity index (χ4n) is 2.25. The summed E-state index contributed by atoms with van der Waals surface area (Å²) in [6, 6.07) is 15.7. The van der Waals surface area contributed by atoms with Gasteiger partial charge in [0.15, 0.2) is 0 Å². The summed E-state index contributed by atoms with van der Waals surface area (Å²) < 4.78 is 3.56. The Morgan fingerprint density at radius 2 is 1.60 bits per heavy atom. The van der Waals surface area contributed by atoms with E-state index in [-0.39, 0.29) is 0 Å². The summed E-state index contributed by atoms with van der Waals surface area (Å²) >= 11 is 18.2. The Balaban J connectivity index is 1.94. The van der Waals surface area contributed by atoms with Crippen LogP contribution in [0.2, 0.25) is 0 Å². The van der Waals surface area contributed by atoms with Crippen LogP contribution in [-0.4, -0.2) is 10.2 Å². The summed E-state index contributed by atoms with van der Waals surface area (Å²) in [5.41, 5.74) is 3.42. The molecule has 0 unspecified atom stereocenters. The first-order valence-corrected chi connectivity index (χ1v) is 8.54. The van der Waals surface area contributed by atoms with E-state index in [1.54, 1.807) is 18.2 Å². The molecule has 3 aromatic rings. The maximum atomic E-state index is 6.08. The highest BCUT2D eigenvalue weighted by Gasteiger charge is 2.25. The van der Waals surface area contributed by atoms with Crippen molar-refractivity contribution in [3.8, 4) is 0 Å². The molecule has 0 aliphatic carbocycles. The van der Waals surface area contributed by atoms with Gasteiger partial charge in [-0.3, -0.25) is 0 Å². The van der Waals surface area contributed by atoms with Crippen LogP contribution in [0.4, 0.5) is 0 Å². The molecule has 6 heteroatoms. The molecular weight excluding hydrogens is 379 g/mol. The molecule has 0 spiro atoms. The van der Waals surface area contributed by atoms with Crippen molar-refractivity contribution in [2.45, 2.75) is 3.79 Å². The Morgan fingerprint density at radius 1 is 0.840 bits per heavy atom. The molecule has 0 saturated carbocycles. The largest absolute Gasteiger partial charge is 0.424 e. The first-order valence-electron chi connectivity index (χ1n) is 7.41. The second-order valence-electron chi connectivity index (χ2n) is 5.20. The number of benzene rings is 2. The molecule has 3 rings (SSSR count). The van der Waals surface area contributed by atoms with Gasteiger partial charge in [-0.2, -0.15) is 0 Å². The molecule has 126 valence electrons. The topological polar surface area (TPSA) is 38.9 Å². The van der Waals surface area contributed by atoms with Gasteiger partial charge in [0.1, 0.15) is 0 Å². The van der Waals surface area contributed by atoms with Gasteiger partial charge in [-0.1, -0.05) is 89.4 Å². The van der Waals surface area contributed by atoms with Gasteiger partial charge in [0.2, 0.25) is 16.1 Å². The highest BCUT2D eigenvalue weighted by Crippen LogP contribution is 2.41. The summed E-state index contributed by atoms with van der Waals surface area (Å²) in [5, 5.41) is 7.43. The molecular formula is C19H13Cl3N2O. The second kappa shape index (κ2) is 7.87. The Labute approximate surface area is 160 Å². The predicted molar refractivity (Wildman–Crippen MR) is 104 cm³/mol. The summed E-state index contributed by atoms with van der Waals surface area (Å²) in [4.78, 5) is 0. The third kappa shape index (κ3) is 4.95. The molecule has 0 amide bonds. The minimum absolute atomic E-state index is 0.375. The minimum atomic E-state index is -1.53. The summed E-state index contributed by atoms with van der Waals surface area (Å²) in [6.45, 7) is 0. The van der Waals surface area contributed by atoms with E-state index in [9.17, 15) is 0 Å². The van der Waals surface area contributed by atoms with Gasteiger partial charge in [-0.15, -0.1) is 10.2 Å². The molecule has 2 aromatic carbocycles. The summed E-state index contributed by atoms with van der Waals surface area (Å²) in [6.07, 6.45) is 8.74. The van der Waals surface area contributed by atoms with Crippen LogP contribution in [-0.2, 0) is 3.79 Å². The average Bonchev–Trinajstić information content (AvgIpc) is 3.12. The van der Waals surface area contributed by atoms with E-state index >= 15 is 0 Å². The smallest absolute Gasteiger partial charge is 0.240 e. The summed E-state index contributed by atoms with van der Waals surface area (Å²) in [7, 11) is 0. The van der Waals surface area contributed by atoms with Gasteiger partial charge in [-0.25, -0.2) is 0 Å². The van der Waals surface area contributed by atoms with Crippen LogP contribution in [0.3, 0.4) is 0 Å². The molecule has 0 radical (unpaired) electrons. The Bertz CT molecular complexity index is 883. The Hall–Kier alpha value is -2.07. The van der Waals surface area contributed by atoms with Crippen LogP contribution in [0.25, 0.3) is 24.3 Å². The van der Waals surface area contributed by atoms with Crippen molar-refractivity contribution in [2.75, 3.05) is 0 Å². The molecule has 0 bridgehead atoms.